The average molecular weight is 276 g/mol. The van der Waals surface area contributed by atoms with E-state index in [2.05, 4.69) is 25.6 Å². The largest absolute Gasteiger partial charge is 0.409 e. The fourth-order valence-electron chi connectivity index (χ4n) is 1.40. The Bertz CT molecular complexity index is 634. The van der Waals surface area contributed by atoms with E-state index >= 15 is 0 Å². The number of hydrogen-bond donors (Lipinski definition) is 3. The fraction of sp³-hybridized carbons (Fsp3) is 0.182. The lowest BCUT2D eigenvalue weighted by atomic mass is 10.2. The number of rotatable bonds is 4. The lowest BCUT2D eigenvalue weighted by Gasteiger charge is -2.03. The average Bonchev–Trinajstić information content (AvgIpc) is 2.89. The molecule has 104 valence electrons. The molecule has 2 rings (SSSR count). The van der Waals surface area contributed by atoms with Gasteiger partial charge in [-0.05, 0) is 12.1 Å². The van der Waals surface area contributed by atoms with Gasteiger partial charge in [0.2, 0.25) is 5.89 Å². The number of amidine groups is 1. The van der Waals surface area contributed by atoms with Crippen LogP contribution < -0.4 is 11.1 Å². The van der Waals surface area contributed by atoms with Crippen molar-refractivity contribution in [3.63, 3.8) is 0 Å². The number of carbonyl (C=O) groups is 1. The Morgan fingerprint density at radius 3 is 2.90 bits per heavy atom. The van der Waals surface area contributed by atoms with E-state index in [1.54, 1.807) is 6.92 Å². The van der Waals surface area contributed by atoms with Gasteiger partial charge in [0.15, 0.2) is 11.7 Å². The Hall–Kier alpha value is -2.97. The van der Waals surface area contributed by atoms with Crippen molar-refractivity contribution in [2.45, 2.75) is 13.5 Å². The quantitative estimate of drug-likeness (QED) is 0.304. The number of carbonyl (C=O) groups excluding carboxylic acids is 1. The van der Waals surface area contributed by atoms with Gasteiger partial charge in [-0.2, -0.15) is 4.98 Å². The summed E-state index contributed by atoms with van der Waals surface area (Å²) in [5, 5.41) is 17.6. The van der Waals surface area contributed by atoms with Crippen LogP contribution in [0.5, 0.6) is 0 Å². The van der Waals surface area contributed by atoms with Gasteiger partial charge in [0.05, 0.1) is 6.54 Å². The van der Waals surface area contributed by atoms with E-state index in [4.69, 9.17) is 15.5 Å². The van der Waals surface area contributed by atoms with Crippen molar-refractivity contribution in [1.29, 1.82) is 0 Å². The molecule has 0 spiro atoms. The minimum Gasteiger partial charge on any atom is -0.409 e. The maximum atomic E-state index is 11.8. The van der Waals surface area contributed by atoms with Crippen LogP contribution in [0.1, 0.15) is 27.8 Å². The molecule has 9 nitrogen and oxygen atoms in total. The van der Waals surface area contributed by atoms with Gasteiger partial charge in [0.25, 0.3) is 5.91 Å². The van der Waals surface area contributed by atoms with Crippen LogP contribution in [0.15, 0.2) is 28.0 Å². The maximum Gasteiger partial charge on any atom is 0.270 e. The number of amides is 1. The van der Waals surface area contributed by atoms with Gasteiger partial charge in [0.1, 0.15) is 5.69 Å². The molecular weight excluding hydrogens is 264 g/mol. The van der Waals surface area contributed by atoms with E-state index in [-0.39, 0.29) is 18.1 Å². The molecule has 0 bridgehead atoms. The van der Waals surface area contributed by atoms with Crippen LogP contribution >= 0.6 is 0 Å². The molecule has 9 heteroatoms. The SMILES string of the molecule is Cc1nc(CNC(=O)c2ccc(/C(N)=N/O)cn2)no1. The van der Waals surface area contributed by atoms with E-state index in [1.807, 2.05) is 0 Å². The zero-order valence-corrected chi connectivity index (χ0v) is 10.6. The highest BCUT2D eigenvalue weighted by Crippen LogP contribution is 2.01. The summed E-state index contributed by atoms with van der Waals surface area (Å²) >= 11 is 0. The van der Waals surface area contributed by atoms with Crippen LogP contribution in [0.3, 0.4) is 0 Å². The first-order valence-corrected chi connectivity index (χ1v) is 5.61. The number of aromatic nitrogens is 3. The highest BCUT2D eigenvalue weighted by atomic mass is 16.5. The van der Waals surface area contributed by atoms with Crippen molar-refractivity contribution in [2.24, 2.45) is 10.9 Å². The van der Waals surface area contributed by atoms with E-state index in [0.717, 1.165) is 0 Å². The normalized spacial score (nSPS) is 11.3. The first kappa shape index (κ1) is 13.5. The summed E-state index contributed by atoms with van der Waals surface area (Å²) in [6.07, 6.45) is 1.34. The summed E-state index contributed by atoms with van der Waals surface area (Å²) in [6.45, 7) is 1.80. The Balaban J connectivity index is 1.99. The summed E-state index contributed by atoms with van der Waals surface area (Å²) in [4.78, 5) is 19.7. The first-order chi connectivity index (χ1) is 9.60. The maximum absolute atomic E-state index is 11.8. The molecule has 0 unspecified atom stereocenters. The molecule has 0 aliphatic rings. The highest BCUT2D eigenvalue weighted by molar-refractivity contribution is 5.98. The van der Waals surface area contributed by atoms with Crippen LogP contribution in [0.2, 0.25) is 0 Å². The predicted octanol–water partition coefficient (Wildman–Crippen LogP) is -0.202. The molecule has 0 saturated carbocycles. The molecule has 4 N–H and O–H groups in total. The molecule has 20 heavy (non-hydrogen) atoms. The van der Waals surface area contributed by atoms with Crippen LogP contribution in [-0.2, 0) is 6.54 Å². The lowest BCUT2D eigenvalue weighted by molar-refractivity contribution is 0.0944. The standard InChI is InChI=1S/C11H12N6O3/c1-6-15-9(17-20-6)5-14-11(18)8-3-2-7(4-13-8)10(12)16-19/h2-4,19H,5H2,1H3,(H2,12,16)(H,14,18). The Kier molecular flexibility index (Phi) is 3.89. The molecule has 1 amide bonds. The Morgan fingerprint density at radius 1 is 1.55 bits per heavy atom. The van der Waals surface area contributed by atoms with E-state index < -0.39 is 5.91 Å². The molecule has 0 saturated heterocycles. The number of nitrogens with two attached hydrogens (primary N) is 1. The molecular formula is C11H12N6O3. The molecule has 2 aromatic rings. The molecule has 0 aromatic carbocycles. The van der Waals surface area contributed by atoms with Crippen molar-refractivity contribution < 1.29 is 14.5 Å². The highest BCUT2D eigenvalue weighted by Gasteiger charge is 2.10. The summed E-state index contributed by atoms with van der Waals surface area (Å²) < 4.78 is 4.78. The summed E-state index contributed by atoms with van der Waals surface area (Å²) in [5.41, 5.74) is 6.00. The minimum atomic E-state index is -0.390. The summed E-state index contributed by atoms with van der Waals surface area (Å²) in [5.74, 6) is 0.338. The number of nitrogens with one attached hydrogen (secondary N) is 1. The number of oxime groups is 1. The third-order valence-corrected chi connectivity index (χ3v) is 2.38. The van der Waals surface area contributed by atoms with Crippen LogP contribution in [0.25, 0.3) is 0 Å². The number of aryl methyl sites for hydroxylation is 1. The second-order valence-electron chi connectivity index (χ2n) is 3.83. The van der Waals surface area contributed by atoms with E-state index in [1.165, 1.54) is 18.3 Å². The van der Waals surface area contributed by atoms with Crippen molar-refractivity contribution in [2.75, 3.05) is 0 Å². The monoisotopic (exact) mass is 276 g/mol. The van der Waals surface area contributed by atoms with Crippen molar-refractivity contribution >= 4 is 11.7 Å². The predicted molar refractivity (Wildman–Crippen MR) is 67.0 cm³/mol. The second kappa shape index (κ2) is 5.78. The zero-order valence-electron chi connectivity index (χ0n) is 10.6. The van der Waals surface area contributed by atoms with Gasteiger partial charge in [-0.25, -0.2) is 0 Å². The molecule has 0 radical (unpaired) electrons. The van der Waals surface area contributed by atoms with Crippen molar-refractivity contribution in [3.8, 4) is 0 Å². The molecule has 2 heterocycles. The van der Waals surface area contributed by atoms with E-state index in [0.29, 0.717) is 17.3 Å². The second-order valence-corrected chi connectivity index (χ2v) is 3.83. The van der Waals surface area contributed by atoms with Gasteiger partial charge in [-0.1, -0.05) is 10.3 Å². The third-order valence-electron chi connectivity index (χ3n) is 2.38. The molecule has 0 aliphatic heterocycles. The number of nitrogens with zero attached hydrogens (tertiary/aromatic N) is 4. The number of pyridine rings is 1. The fourth-order valence-corrected chi connectivity index (χ4v) is 1.40. The first-order valence-electron chi connectivity index (χ1n) is 5.61. The lowest BCUT2D eigenvalue weighted by Crippen LogP contribution is -2.24. The van der Waals surface area contributed by atoms with Gasteiger partial charge in [-0.15, -0.1) is 0 Å². The molecule has 0 aliphatic carbocycles. The van der Waals surface area contributed by atoms with Crippen molar-refractivity contribution in [3.05, 3.63) is 41.3 Å². The van der Waals surface area contributed by atoms with Gasteiger partial charge >= 0.3 is 0 Å². The topological polar surface area (TPSA) is 140 Å². The van der Waals surface area contributed by atoms with Crippen LogP contribution in [-0.4, -0.2) is 32.1 Å². The minimum absolute atomic E-state index is 0.0771. The van der Waals surface area contributed by atoms with Gasteiger partial charge in [0, 0.05) is 18.7 Å². The summed E-state index contributed by atoms with van der Waals surface area (Å²) in [7, 11) is 0. The molecule has 0 fully saturated rings. The van der Waals surface area contributed by atoms with Crippen LogP contribution in [0, 0.1) is 6.92 Å². The van der Waals surface area contributed by atoms with Gasteiger partial charge < -0.3 is 20.8 Å². The Labute approximate surface area is 113 Å². The number of hydrogen-bond acceptors (Lipinski definition) is 7. The van der Waals surface area contributed by atoms with E-state index in [9.17, 15) is 4.79 Å². The Morgan fingerprint density at radius 2 is 2.35 bits per heavy atom. The zero-order chi connectivity index (χ0) is 14.5. The van der Waals surface area contributed by atoms with Gasteiger partial charge in [-0.3, -0.25) is 9.78 Å². The molecule has 2 aromatic heterocycles. The smallest absolute Gasteiger partial charge is 0.270 e. The molecule has 0 atom stereocenters. The van der Waals surface area contributed by atoms with Crippen molar-refractivity contribution in [1.82, 2.24) is 20.4 Å². The third kappa shape index (κ3) is 3.07. The summed E-state index contributed by atoms with van der Waals surface area (Å²) in [6, 6.07) is 2.99. The van der Waals surface area contributed by atoms with Crippen LogP contribution in [0.4, 0.5) is 0 Å².